The van der Waals surface area contributed by atoms with Crippen LogP contribution in [0.1, 0.15) is 55.6 Å². The maximum absolute atomic E-state index is 6.65. The monoisotopic (exact) mass is 393 g/mol. The van der Waals surface area contributed by atoms with Gasteiger partial charge in [-0.2, -0.15) is 0 Å². The van der Waals surface area contributed by atoms with Gasteiger partial charge in [0, 0.05) is 18.7 Å². The number of allylic oxidation sites excluding steroid dienone is 4. The van der Waals surface area contributed by atoms with E-state index < -0.39 is 8.53 Å². The van der Waals surface area contributed by atoms with Crippen LogP contribution in [-0.2, 0) is 10.9 Å². The molecule has 0 radical (unpaired) electrons. The molecule has 1 saturated carbocycles. The Kier molecular flexibility index (Phi) is 5.19. The van der Waals surface area contributed by atoms with Gasteiger partial charge < -0.3 is 9.05 Å². The summed E-state index contributed by atoms with van der Waals surface area (Å²) in [4.78, 5) is 0. The van der Waals surface area contributed by atoms with Gasteiger partial charge in [-0.25, -0.2) is 4.67 Å². The van der Waals surface area contributed by atoms with Crippen molar-refractivity contribution in [2.75, 3.05) is 13.1 Å². The molecule has 2 heterocycles. The van der Waals surface area contributed by atoms with Crippen molar-refractivity contribution in [3.63, 3.8) is 0 Å². The van der Waals surface area contributed by atoms with Gasteiger partial charge in [0.25, 0.3) is 0 Å². The highest BCUT2D eigenvalue weighted by atomic mass is 31.2. The second-order valence-corrected chi connectivity index (χ2v) is 9.82. The fourth-order valence-electron chi connectivity index (χ4n) is 5.54. The molecule has 146 valence electrons. The van der Waals surface area contributed by atoms with Crippen LogP contribution in [0, 0.1) is 24.2 Å². The molecule has 28 heavy (non-hydrogen) atoms. The predicted octanol–water partition coefficient (Wildman–Crippen LogP) is 5.94. The van der Waals surface area contributed by atoms with Crippen molar-refractivity contribution in [1.29, 1.82) is 0 Å². The molecule has 1 aromatic carbocycles. The summed E-state index contributed by atoms with van der Waals surface area (Å²) in [6, 6.07) is 6.61. The molecular formula is C24H28NO2P. The van der Waals surface area contributed by atoms with Crippen LogP contribution in [0.5, 0.6) is 5.75 Å². The SMILES string of the molecule is C#C/C1=C\C=C/CC[C@H]2CCC3Cc4cccc(c4C32)OP(N2CCCC2)O1. The molecule has 4 aliphatic rings. The Hall–Kier alpha value is -1.75. The number of terminal acetylenes is 1. The van der Waals surface area contributed by atoms with E-state index in [1.165, 1.54) is 49.7 Å². The lowest BCUT2D eigenvalue weighted by molar-refractivity contribution is 0.343. The first-order chi connectivity index (χ1) is 13.8. The van der Waals surface area contributed by atoms with Gasteiger partial charge in [0.2, 0.25) is 0 Å². The van der Waals surface area contributed by atoms with Crippen LogP contribution in [0.3, 0.4) is 0 Å². The van der Waals surface area contributed by atoms with Gasteiger partial charge in [0.15, 0.2) is 5.76 Å². The molecule has 2 fully saturated rings. The smallest absolute Gasteiger partial charge is 0.385 e. The van der Waals surface area contributed by atoms with Crippen molar-refractivity contribution in [1.82, 2.24) is 4.67 Å². The fourth-order valence-corrected chi connectivity index (χ4v) is 7.02. The summed E-state index contributed by atoms with van der Waals surface area (Å²) in [5, 5.41) is 0. The lowest BCUT2D eigenvalue weighted by Gasteiger charge is -2.28. The first-order valence-corrected chi connectivity index (χ1v) is 11.8. The minimum atomic E-state index is -1.23. The van der Waals surface area contributed by atoms with Crippen LogP contribution < -0.4 is 4.52 Å². The zero-order chi connectivity index (χ0) is 18.9. The molecule has 4 atom stereocenters. The maximum Gasteiger partial charge on any atom is 0.385 e. The fraction of sp³-hybridized carbons (Fsp3) is 0.500. The highest BCUT2D eigenvalue weighted by molar-refractivity contribution is 7.45. The number of hydrogen-bond acceptors (Lipinski definition) is 3. The first kappa shape index (κ1) is 18.3. The quantitative estimate of drug-likeness (QED) is 0.435. The summed E-state index contributed by atoms with van der Waals surface area (Å²) >= 11 is 0. The third-order valence-corrected chi connectivity index (χ3v) is 8.36. The summed E-state index contributed by atoms with van der Waals surface area (Å²) < 4.78 is 15.2. The largest absolute Gasteiger partial charge is 0.427 e. The lowest BCUT2D eigenvalue weighted by atomic mass is 9.85. The van der Waals surface area contributed by atoms with Crippen molar-refractivity contribution in [2.45, 2.75) is 50.9 Å². The Morgan fingerprint density at radius 1 is 1.07 bits per heavy atom. The normalized spacial score (nSPS) is 35.2. The van der Waals surface area contributed by atoms with E-state index in [4.69, 9.17) is 15.5 Å². The molecule has 0 aromatic heterocycles. The summed E-state index contributed by atoms with van der Waals surface area (Å²) in [6.45, 7) is 2.03. The summed E-state index contributed by atoms with van der Waals surface area (Å²) in [6.07, 6.45) is 20.6. The van der Waals surface area contributed by atoms with Crippen LogP contribution >= 0.6 is 8.53 Å². The Morgan fingerprint density at radius 2 is 1.93 bits per heavy atom. The van der Waals surface area contributed by atoms with E-state index in [0.29, 0.717) is 11.7 Å². The molecule has 5 rings (SSSR count). The highest BCUT2D eigenvalue weighted by Gasteiger charge is 2.44. The second-order valence-electron chi connectivity index (χ2n) is 8.42. The van der Waals surface area contributed by atoms with E-state index in [1.54, 1.807) is 0 Å². The molecule has 2 aliphatic heterocycles. The van der Waals surface area contributed by atoms with E-state index in [1.807, 2.05) is 6.08 Å². The third-order valence-electron chi connectivity index (χ3n) is 6.79. The average Bonchev–Trinajstić information content (AvgIpc) is 3.43. The summed E-state index contributed by atoms with van der Waals surface area (Å²) in [5.41, 5.74) is 2.96. The summed E-state index contributed by atoms with van der Waals surface area (Å²) in [5.74, 6) is 6.51. The minimum Gasteiger partial charge on any atom is -0.427 e. The molecule has 0 amide bonds. The van der Waals surface area contributed by atoms with Gasteiger partial charge in [-0.1, -0.05) is 24.3 Å². The molecule has 3 unspecified atom stereocenters. The number of rotatable bonds is 1. The van der Waals surface area contributed by atoms with E-state index >= 15 is 0 Å². The van der Waals surface area contributed by atoms with E-state index in [9.17, 15) is 0 Å². The van der Waals surface area contributed by atoms with E-state index in [0.717, 1.165) is 37.1 Å². The van der Waals surface area contributed by atoms with Gasteiger partial charge in [0.1, 0.15) is 5.75 Å². The van der Waals surface area contributed by atoms with Crippen molar-refractivity contribution in [3.8, 4) is 18.1 Å². The molecule has 0 bridgehead atoms. The van der Waals surface area contributed by atoms with Crippen molar-refractivity contribution in [2.24, 2.45) is 11.8 Å². The van der Waals surface area contributed by atoms with Crippen LogP contribution in [0.2, 0.25) is 0 Å². The number of nitrogens with zero attached hydrogens (tertiary/aromatic N) is 1. The molecule has 1 aromatic rings. The van der Waals surface area contributed by atoms with Gasteiger partial charge in [-0.15, -0.1) is 6.42 Å². The molecule has 2 aliphatic carbocycles. The van der Waals surface area contributed by atoms with Crippen molar-refractivity contribution in [3.05, 3.63) is 53.3 Å². The molecule has 4 heteroatoms. The van der Waals surface area contributed by atoms with Gasteiger partial charge in [0.05, 0.1) is 0 Å². The van der Waals surface area contributed by atoms with E-state index in [2.05, 4.69) is 40.9 Å². The van der Waals surface area contributed by atoms with Gasteiger partial charge in [-0.05, 0) is 86.3 Å². The van der Waals surface area contributed by atoms with Crippen molar-refractivity contribution >= 4 is 8.53 Å². The lowest BCUT2D eigenvalue weighted by Crippen LogP contribution is -2.18. The Labute approximate surface area is 169 Å². The van der Waals surface area contributed by atoms with Crippen LogP contribution in [-0.4, -0.2) is 17.8 Å². The van der Waals surface area contributed by atoms with Gasteiger partial charge >= 0.3 is 8.53 Å². The van der Waals surface area contributed by atoms with Crippen molar-refractivity contribution < 1.29 is 9.05 Å². The maximum atomic E-state index is 6.65. The Bertz CT molecular complexity index is 833. The van der Waals surface area contributed by atoms with E-state index in [-0.39, 0.29) is 0 Å². The highest BCUT2D eigenvalue weighted by Crippen LogP contribution is 2.58. The zero-order valence-electron chi connectivity index (χ0n) is 16.3. The number of hydrogen-bond donors (Lipinski definition) is 0. The Morgan fingerprint density at radius 3 is 2.79 bits per heavy atom. The Balaban J connectivity index is 1.54. The van der Waals surface area contributed by atoms with Crippen LogP contribution in [0.25, 0.3) is 0 Å². The molecule has 0 N–H and O–H groups in total. The molecule has 0 spiro atoms. The number of benzene rings is 1. The van der Waals surface area contributed by atoms with Crippen LogP contribution in [0.4, 0.5) is 0 Å². The zero-order valence-corrected chi connectivity index (χ0v) is 17.2. The van der Waals surface area contributed by atoms with Crippen LogP contribution in [0.15, 0.2) is 42.2 Å². The topological polar surface area (TPSA) is 21.7 Å². The van der Waals surface area contributed by atoms with Gasteiger partial charge in [-0.3, -0.25) is 0 Å². The molecule has 1 saturated heterocycles. The summed E-state index contributed by atoms with van der Waals surface area (Å²) in [7, 11) is -1.23. The molecule has 3 nitrogen and oxygen atoms in total. The first-order valence-electron chi connectivity index (χ1n) is 10.7. The minimum absolute atomic E-state index is 0.569. The second kappa shape index (κ2) is 7.94. The predicted molar refractivity (Wildman–Crippen MR) is 114 cm³/mol. The third kappa shape index (κ3) is 3.38. The molecular weight excluding hydrogens is 365 g/mol. The average molecular weight is 393 g/mol. The standard InChI is InChI=1S/C24H28NO2P/c1-2-21-11-5-3-4-9-18-13-14-20-17-19-10-8-12-22(24(19)23(18)20)27-28(26-21)25-15-6-7-16-25/h1,3,5,8,10-12,18,20,23H,4,6-7,9,13-17H2/b5-3-,21-11+/t18-,20?,23?,28?/m0/s1.